The van der Waals surface area contributed by atoms with E-state index in [0.29, 0.717) is 5.25 Å². The fraction of sp³-hybridized carbons (Fsp3) is 0.769. The van der Waals surface area contributed by atoms with Crippen LogP contribution in [0, 0.1) is 0 Å². The zero-order valence-electron chi connectivity index (χ0n) is 12.5. The van der Waals surface area contributed by atoms with Crippen LogP contribution in [0.5, 0.6) is 0 Å². The Morgan fingerprint density at radius 1 is 1.47 bits per heavy atom. The highest BCUT2D eigenvalue weighted by atomic mass is 35.5. The number of nitrogens with zero attached hydrogens (tertiary/aromatic N) is 3. The Kier molecular flexibility index (Phi) is 7.21. The molecule has 0 aromatic carbocycles. The number of likely N-dealkylation sites (N-methyl/N-ethyl adjacent to an activating group) is 1. The molecule has 0 aliphatic carbocycles. The Labute approximate surface area is 125 Å². The number of nitrogens with one attached hydrogen (secondary N) is 1. The third kappa shape index (κ3) is 5.34. The molecular formula is C13H25ClN4S. The number of halogens is 1. The van der Waals surface area contributed by atoms with Crippen LogP contribution in [-0.2, 0) is 6.54 Å². The quantitative estimate of drug-likeness (QED) is 0.800. The molecule has 1 aromatic rings. The third-order valence-electron chi connectivity index (χ3n) is 2.87. The van der Waals surface area contributed by atoms with Crippen LogP contribution in [0.25, 0.3) is 0 Å². The minimum atomic E-state index is 0.240. The van der Waals surface area contributed by atoms with Gasteiger partial charge in [0.25, 0.3) is 0 Å². The topological polar surface area (TPSA) is 33.1 Å². The van der Waals surface area contributed by atoms with Gasteiger partial charge in [-0.3, -0.25) is 4.68 Å². The lowest BCUT2D eigenvalue weighted by Crippen LogP contribution is -2.26. The first-order valence-electron chi connectivity index (χ1n) is 6.60. The second-order valence-corrected chi connectivity index (χ2v) is 7.14. The largest absolute Gasteiger partial charge is 0.311 e. The van der Waals surface area contributed by atoms with Crippen molar-refractivity contribution in [3.8, 4) is 0 Å². The summed E-state index contributed by atoms with van der Waals surface area (Å²) in [5.74, 6) is 1.00. The second kappa shape index (κ2) is 8.15. The van der Waals surface area contributed by atoms with Gasteiger partial charge in [0, 0.05) is 12.3 Å². The van der Waals surface area contributed by atoms with Crippen LogP contribution in [0.4, 0.5) is 0 Å². The van der Waals surface area contributed by atoms with E-state index in [0.717, 1.165) is 29.6 Å². The fourth-order valence-electron chi connectivity index (χ4n) is 1.78. The summed E-state index contributed by atoms with van der Waals surface area (Å²) < 4.78 is 2.02. The first kappa shape index (κ1) is 16.8. The maximum Gasteiger partial charge on any atom is 0.0834 e. The maximum absolute atomic E-state index is 6.30. The van der Waals surface area contributed by atoms with Gasteiger partial charge >= 0.3 is 0 Å². The van der Waals surface area contributed by atoms with Crippen molar-refractivity contribution in [1.82, 2.24) is 20.0 Å². The van der Waals surface area contributed by atoms with Crippen LogP contribution in [0.1, 0.15) is 25.6 Å². The predicted molar refractivity (Wildman–Crippen MR) is 85.2 cm³/mol. The summed E-state index contributed by atoms with van der Waals surface area (Å²) in [6, 6.07) is 0.240. The van der Waals surface area contributed by atoms with Crippen LogP contribution < -0.4 is 5.32 Å². The van der Waals surface area contributed by atoms with Crippen LogP contribution in [0.3, 0.4) is 0 Å². The van der Waals surface area contributed by atoms with Crippen LogP contribution in [0.2, 0.25) is 5.02 Å². The van der Waals surface area contributed by atoms with E-state index in [1.165, 1.54) is 0 Å². The highest BCUT2D eigenvalue weighted by Gasteiger charge is 2.19. The van der Waals surface area contributed by atoms with Crippen LogP contribution in [-0.4, -0.2) is 53.4 Å². The van der Waals surface area contributed by atoms with Gasteiger partial charge in [0.05, 0.1) is 29.5 Å². The van der Waals surface area contributed by atoms with Gasteiger partial charge < -0.3 is 10.2 Å². The summed E-state index contributed by atoms with van der Waals surface area (Å²) in [5, 5.41) is 9.11. The third-order valence-corrected chi connectivity index (χ3v) is 4.35. The first-order chi connectivity index (χ1) is 8.95. The summed E-state index contributed by atoms with van der Waals surface area (Å²) >= 11 is 8.23. The molecule has 0 spiro atoms. The van der Waals surface area contributed by atoms with Crippen molar-refractivity contribution < 1.29 is 0 Å². The smallest absolute Gasteiger partial charge is 0.0834 e. The maximum atomic E-state index is 6.30. The van der Waals surface area contributed by atoms with E-state index >= 15 is 0 Å². The van der Waals surface area contributed by atoms with E-state index in [4.69, 9.17) is 11.6 Å². The Morgan fingerprint density at radius 3 is 2.68 bits per heavy atom. The monoisotopic (exact) mass is 304 g/mol. The minimum Gasteiger partial charge on any atom is -0.311 e. The Bertz CT molecular complexity index is 379. The van der Waals surface area contributed by atoms with Gasteiger partial charge in [0.1, 0.15) is 0 Å². The zero-order chi connectivity index (χ0) is 14.4. The number of hydrogen-bond acceptors (Lipinski definition) is 4. The van der Waals surface area contributed by atoms with E-state index < -0.39 is 0 Å². The molecule has 0 saturated carbocycles. The lowest BCUT2D eigenvalue weighted by Gasteiger charge is -2.20. The van der Waals surface area contributed by atoms with E-state index in [2.05, 4.69) is 43.3 Å². The van der Waals surface area contributed by atoms with E-state index in [9.17, 15) is 0 Å². The zero-order valence-corrected chi connectivity index (χ0v) is 14.1. The molecule has 1 unspecified atom stereocenters. The van der Waals surface area contributed by atoms with E-state index in [1.807, 2.05) is 23.5 Å². The molecule has 4 nitrogen and oxygen atoms in total. The molecule has 0 aliphatic rings. The molecule has 1 rings (SSSR count). The molecule has 0 fully saturated rings. The second-order valence-electron chi connectivity index (χ2n) is 5.13. The number of rotatable bonds is 8. The predicted octanol–water partition coefficient (Wildman–Crippen LogP) is 2.50. The van der Waals surface area contributed by atoms with Gasteiger partial charge in [0.2, 0.25) is 0 Å². The Balaban J connectivity index is 2.80. The van der Waals surface area contributed by atoms with Gasteiger partial charge in [-0.05, 0) is 26.4 Å². The fourth-order valence-corrected chi connectivity index (χ4v) is 2.95. The van der Waals surface area contributed by atoms with Crippen LogP contribution >= 0.6 is 23.4 Å². The molecule has 1 heterocycles. The van der Waals surface area contributed by atoms with Crippen molar-refractivity contribution in [3.63, 3.8) is 0 Å². The molecule has 0 aliphatic heterocycles. The molecule has 110 valence electrons. The Hall–Kier alpha value is -0.230. The van der Waals surface area contributed by atoms with Gasteiger partial charge in [-0.15, -0.1) is 0 Å². The molecule has 0 amide bonds. The molecule has 1 aromatic heterocycles. The van der Waals surface area contributed by atoms with E-state index in [1.54, 1.807) is 6.20 Å². The van der Waals surface area contributed by atoms with Crippen LogP contribution in [0.15, 0.2) is 6.20 Å². The summed E-state index contributed by atoms with van der Waals surface area (Å²) in [6.45, 7) is 6.24. The molecule has 0 radical (unpaired) electrons. The molecule has 1 N–H and O–H groups in total. The highest BCUT2D eigenvalue weighted by molar-refractivity contribution is 7.99. The van der Waals surface area contributed by atoms with Crippen molar-refractivity contribution in [3.05, 3.63) is 16.9 Å². The molecular weight excluding hydrogens is 280 g/mol. The first-order valence-corrected chi connectivity index (χ1v) is 8.03. The number of thioether (sulfide) groups is 1. The summed E-state index contributed by atoms with van der Waals surface area (Å²) in [5.41, 5.74) is 1.10. The van der Waals surface area contributed by atoms with Crippen molar-refractivity contribution in [2.45, 2.75) is 31.7 Å². The standard InChI is InChI=1S/C13H25ClN4S/c1-10(2)19-9-12(15-3)13-11(14)8-16-18(13)7-6-17(4)5/h8,10,12,15H,6-7,9H2,1-5H3. The molecule has 6 heteroatoms. The average molecular weight is 305 g/mol. The van der Waals surface area contributed by atoms with Crippen molar-refractivity contribution in [2.75, 3.05) is 33.4 Å². The van der Waals surface area contributed by atoms with Crippen molar-refractivity contribution >= 4 is 23.4 Å². The summed E-state index contributed by atoms with van der Waals surface area (Å²) in [4.78, 5) is 2.15. The SMILES string of the molecule is CNC(CSC(C)C)c1c(Cl)cnn1CCN(C)C. The molecule has 0 saturated heterocycles. The van der Waals surface area contributed by atoms with E-state index in [-0.39, 0.29) is 6.04 Å². The van der Waals surface area contributed by atoms with Crippen molar-refractivity contribution in [1.29, 1.82) is 0 Å². The van der Waals surface area contributed by atoms with Crippen molar-refractivity contribution in [2.24, 2.45) is 0 Å². The molecule has 19 heavy (non-hydrogen) atoms. The van der Waals surface area contributed by atoms with Gasteiger partial charge in [-0.25, -0.2) is 0 Å². The molecule has 1 atom stereocenters. The number of aromatic nitrogens is 2. The normalized spacial score (nSPS) is 13.5. The summed E-state index contributed by atoms with van der Waals surface area (Å²) in [6.07, 6.45) is 1.75. The lowest BCUT2D eigenvalue weighted by molar-refractivity contribution is 0.365. The van der Waals surface area contributed by atoms with Gasteiger partial charge in [0.15, 0.2) is 0 Å². The lowest BCUT2D eigenvalue weighted by atomic mass is 10.2. The van der Waals surface area contributed by atoms with Gasteiger partial charge in [-0.2, -0.15) is 16.9 Å². The van der Waals surface area contributed by atoms with Gasteiger partial charge in [-0.1, -0.05) is 25.4 Å². The highest BCUT2D eigenvalue weighted by Crippen LogP contribution is 2.26. The summed E-state index contributed by atoms with van der Waals surface area (Å²) in [7, 11) is 6.11. The Morgan fingerprint density at radius 2 is 2.16 bits per heavy atom. The number of hydrogen-bond donors (Lipinski definition) is 1. The average Bonchev–Trinajstić information content (AvgIpc) is 2.69. The molecule has 0 bridgehead atoms. The minimum absolute atomic E-state index is 0.240.